The average molecular weight is 390 g/mol. The van der Waals surface area contributed by atoms with E-state index in [4.69, 9.17) is 15.2 Å². The topological polar surface area (TPSA) is 85.3 Å². The summed E-state index contributed by atoms with van der Waals surface area (Å²) in [5.74, 6) is 0.618. The molecule has 6 heteroatoms. The second-order valence-corrected chi connectivity index (χ2v) is 7.80. The number of nitrogens with two attached hydrogens (primary N) is 1. The first-order valence-corrected chi connectivity index (χ1v) is 9.71. The molecule has 0 radical (unpaired) electrons. The normalized spacial score (nSPS) is 15.9. The molecule has 1 atom stereocenters. The molecule has 0 fully saturated rings. The van der Waals surface area contributed by atoms with Gasteiger partial charge in [0.25, 0.3) is 0 Å². The van der Waals surface area contributed by atoms with Gasteiger partial charge in [0.05, 0.1) is 17.6 Å². The van der Waals surface area contributed by atoms with Gasteiger partial charge in [0.15, 0.2) is 0 Å². The molecule has 5 nitrogen and oxygen atoms in total. The van der Waals surface area contributed by atoms with Crippen molar-refractivity contribution in [3.8, 4) is 17.6 Å². The lowest BCUT2D eigenvalue weighted by molar-refractivity contribution is 0.242. The summed E-state index contributed by atoms with van der Waals surface area (Å²) < 4.78 is 12.2. The fraction of sp³-hybridized carbons (Fsp3) is 0.182. The summed E-state index contributed by atoms with van der Waals surface area (Å²) in [6.45, 7) is 3.91. The molecule has 0 unspecified atom stereocenters. The van der Waals surface area contributed by atoms with Crippen LogP contribution in [0.1, 0.15) is 30.9 Å². The Balaban J connectivity index is 1.93. The summed E-state index contributed by atoms with van der Waals surface area (Å²) in [4.78, 5) is 13.0. The van der Waals surface area contributed by atoms with Crippen molar-refractivity contribution < 1.29 is 9.47 Å². The van der Waals surface area contributed by atoms with Crippen LogP contribution in [-0.2, 0) is 0 Å². The van der Waals surface area contributed by atoms with Crippen molar-refractivity contribution >= 4 is 21.4 Å². The summed E-state index contributed by atoms with van der Waals surface area (Å²) in [6.07, 6.45) is 0.0567. The first-order chi connectivity index (χ1) is 13.5. The van der Waals surface area contributed by atoms with E-state index >= 15 is 0 Å². The Morgan fingerprint density at radius 1 is 1.18 bits per heavy atom. The lowest BCUT2D eigenvalue weighted by Gasteiger charge is -2.26. The van der Waals surface area contributed by atoms with E-state index in [0.29, 0.717) is 11.3 Å². The van der Waals surface area contributed by atoms with E-state index in [0.717, 1.165) is 32.7 Å². The molecule has 140 valence electrons. The van der Waals surface area contributed by atoms with Crippen LogP contribution in [0.25, 0.3) is 10.1 Å². The Morgan fingerprint density at radius 3 is 2.57 bits per heavy atom. The molecule has 0 spiro atoms. The Bertz CT molecular complexity index is 1190. The Hall–Kier alpha value is -3.30. The highest BCUT2D eigenvalue weighted by Gasteiger charge is 2.34. The van der Waals surface area contributed by atoms with Crippen molar-refractivity contribution in [3.05, 3.63) is 80.7 Å². The van der Waals surface area contributed by atoms with E-state index in [-0.39, 0.29) is 22.3 Å². The van der Waals surface area contributed by atoms with Gasteiger partial charge in [-0.3, -0.25) is 4.79 Å². The van der Waals surface area contributed by atoms with Crippen molar-refractivity contribution in [2.45, 2.75) is 25.9 Å². The summed E-state index contributed by atoms with van der Waals surface area (Å²) in [6, 6.07) is 17.1. The standard InChI is InChI=1S/C22H18N2O3S/c1-12(2)26-14-9-7-13(8-10-14)18-16(11-23)21(24)27-20-15-5-3-4-6-17(15)28-22(25)19(18)20/h3-10,12,18H,24H2,1-2H3/t18-/m1/s1. The van der Waals surface area contributed by atoms with Gasteiger partial charge in [-0.15, -0.1) is 0 Å². The van der Waals surface area contributed by atoms with Crippen molar-refractivity contribution in [2.24, 2.45) is 5.73 Å². The molecule has 0 saturated carbocycles. The van der Waals surface area contributed by atoms with Crippen LogP contribution in [0.2, 0.25) is 0 Å². The van der Waals surface area contributed by atoms with Gasteiger partial charge in [-0.1, -0.05) is 35.6 Å². The lowest BCUT2D eigenvalue weighted by Crippen LogP contribution is -2.25. The molecular weight excluding hydrogens is 372 g/mol. The first-order valence-electron chi connectivity index (χ1n) is 8.89. The zero-order valence-corrected chi connectivity index (χ0v) is 16.2. The minimum Gasteiger partial charge on any atom is -0.491 e. The Kier molecular flexibility index (Phi) is 4.54. The molecule has 2 heterocycles. The predicted molar refractivity (Wildman–Crippen MR) is 110 cm³/mol. The number of nitrogens with zero attached hydrogens (tertiary/aromatic N) is 1. The highest BCUT2D eigenvalue weighted by atomic mass is 32.1. The Labute approximate surface area is 166 Å². The second kappa shape index (κ2) is 7.02. The van der Waals surface area contributed by atoms with Gasteiger partial charge in [-0.2, -0.15) is 5.26 Å². The number of hydrogen-bond acceptors (Lipinski definition) is 6. The van der Waals surface area contributed by atoms with E-state index < -0.39 is 5.92 Å². The average Bonchev–Trinajstić information content (AvgIpc) is 2.67. The molecule has 4 rings (SSSR count). The van der Waals surface area contributed by atoms with Crippen LogP contribution in [0.3, 0.4) is 0 Å². The Morgan fingerprint density at radius 2 is 1.89 bits per heavy atom. The molecule has 0 aliphatic carbocycles. The number of benzene rings is 2. The van der Waals surface area contributed by atoms with Gasteiger partial charge in [0, 0.05) is 10.1 Å². The van der Waals surface area contributed by atoms with Crippen molar-refractivity contribution in [1.29, 1.82) is 5.26 Å². The van der Waals surface area contributed by atoms with Gasteiger partial charge in [-0.25, -0.2) is 0 Å². The largest absolute Gasteiger partial charge is 0.491 e. The van der Waals surface area contributed by atoms with Gasteiger partial charge >= 0.3 is 0 Å². The summed E-state index contributed by atoms with van der Waals surface area (Å²) in [5.41, 5.74) is 7.56. The predicted octanol–water partition coefficient (Wildman–Crippen LogP) is 4.27. The highest BCUT2D eigenvalue weighted by Crippen LogP contribution is 2.44. The van der Waals surface area contributed by atoms with Crippen LogP contribution < -0.4 is 19.9 Å². The smallest absolute Gasteiger partial charge is 0.240 e. The van der Waals surface area contributed by atoms with E-state index in [9.17, 15) is 10.1 Å². The van der Waals surface area contributed by atoms with E-state index in [1.807, 2.05) is 62.4 Å². The maximum atomic E-state index is 13.0. The highest BCUT2D eigenvalue weighted by molar-refractivity contribution is 7.16. The monoisotopic (exact) mass is 390 g/mol. The number of ether oxygens (including phenoxy) is 2. The molecule has 28 heavy (non-hydrogen) atoms. The fourth-order valence-electron chi connectivity index (χ4n) is 3.41. The minimum absolute atomic E-state index is 0.0308. The SMILES string of the molecule is CC(C)Oc1ccc([C@@H]2C(C#N)=C(N)Oc3c2c(=O)sc2ccccc32)cc1. The number of hydrogen-bond donors (Lipinski definition) is 1. The molecular formula is C22H18N2O3S. The van der Waals surface area contributed by atoms with Crippen LogP contribution in [0.4, 0.5) is 0 Å². The molecule has 1 aliphatic rings. The van der Waals surface area contributed by atoms with E-state index in [1.54, 1.807) is 0 Å². The van der Waals surface area contributed by atoms with E-state index in [1.165, 1.54) is 0 Å². The van der Waals surface area contributed by atoms with Crippen molar-refractivity contribution in [3.63, 3.8) is 0 Å². The zero-order chi connectivity index (χ0) is 19.8. The molecule has 0 amide bonds. The zero-order valence-electron chi connectivity index (χ0n) is 15.4. The summed E-state index contributed by atoms with van der Waals surface area (Å²) in [5, 5.41) is 10.5. The maximum absolute atomic E-state index is 13.0. The third-order valence-corrected chi connectivity index (χ3v) is 5.54. The third kappa shape index (κ3) is 3.00. The number of fused-ring (bicyclic) bond motifs is 3. The minimum atomic E-state index is -0.574. The van der Waals surface area contributed by atoms with Crippen LogP contribution in [0.5, 0.6) is 11.5 Å². The second-order valence-electron chi connectivity index (χ2n) is 6.79. The molecule has 3 aromatic rings. The van der Waals surface area contributed by atoms with Gasteiger partial charge in [-0.05, 0) is 43.7 Å². The number of rotatable bonds is 3. The molecule has 2 aromatic carbocycles. The van der Waals surface area contributed by atoms with Crippen LogP contribution in [0, 0.1) is 11.3 Å². The molecule has 0 bridgehead atoms. The maximum Gasteiger partial charge on any atom is 0.240 e. The lowest BCUT2D eigenvalue weighted by atomic mass is 9.84. The van der Waals surface area contributed by atoms with Crippen LogP contribution in [0.15, 0.2) is 64.8 Å². The molecule has 2 N–H and O–H groups in total. The van der Waals surface area contributed by atoms with Gasteiger partial charge < -0.3 is 15.2 Å². The van der Waals surface area contributed by atoms with Crippen LogP contribution >= 0.6 is 11.3 Å². The quantitative estimate of drug-likeness (QED) is 0.722. The third-order valence-electron chi connectivity index (χ3n) is 4.56. The first kappa shape index (κ1) is 18.1. The van der Waals surface area contributed by atoms with Gasteiger partial charge in [0.1, 0.15) is 23.1 Å². The van der Waals surface area contributed by atoms with Crippen molar-refractivity contribution in [2.75, 3.05) is 0 Å². The summed E-state index contributed by atoms with van der Waals surface area (Å²) in [7, 11) is 0. The molecule has 1 aliphatic heterocycles. The summed E-state index contributed by atoms with van der Waals surface area (Å²) >= 11 is 1.15. The van der Waals surface area contributed by atoms with Crippen molar-refractivity contribution in [1.82, 2.24) is 0 Å². The number of allylic oxidation sites excluding steroid dienone is 1. The van der Waals surface area contributed by atoms with Crippen LogP contribution in [-0.4, -0.2) is 6.10 Å². The molecule has 0 saturated heterocycles. The fourth-order valence-corrected chi connectivity index (χ4v) is 4.35. The molecule has 1 aromatic heterocycles. The number of nitriles is 1. The van der Waals surface area contributed by atoms with E-state index in [2.05, 4.69) is 6.07 Å². The van der Waals surface area contributed by atoms with Gasteiger partial charge in [0.2, 0.25) is 10.6 Å².